The van der Waals surface area contributed by atoms with Gasteiger partial charge in [0, 0.05) is 17.6 Å². The number of hydrogen-bond acceptors (Lipinski definition) is 5. The van der Waals surface area contributed by atoms with Gasteiger partial charge in [-0.25, -0.2) is 0 Å². The second-order valence-corrected chi connectivity index (χ2v) is 9.05. The molecule has 1 amide bonds. The molecule has 1 N–H and O–H groups in total. The molecule has 1 saturated carbocycles. The Hall–Kier alpha value is -3.68. The van der Waals surface area contributed by atoms with Gasteiger partial charge in [-0.3, -0.25) is 14.2 Å². The molecule has 34 heavy (non-hydrogen) atoms. The number of aromatic nitrogens is 2. The topological polar surface area (TPSA) is 87.1 Å². The molecular weight excluding hydrogens is 434 g/mol. The molecule has 0 spiro atoms. The van der Waals surface area contributed by atoms with Gasteiger partial charge in [0.05, 0.1) is 32.5 Å². The number of ether oxygens (including phenoxy) is 2. The second kappa shape index (κ2) is 8.93. The fourth-order valence-corrected chi connectivity index (χ4v) is 4.93. The molecule has 1 aliphatic rings. The smallest absolute Gasteiger partial charge is 0.275 e. The van der Waals surface area contributed by atoms with Gasteiger partial charge in [0.1, 0.15) is 28.5 Å². The summed E-state index contributed by atoms with van der Waals surface area (Å²) in [6, 6.07) is 9.04. The summed E-state index contributed by atoms with van der Waals surface area (Å²) in [4.78, 5) is 27.2. The summed E-state index contributed by atoms with van der Waals surface area (Å²) in [5, 5.41) is 3.90. The lowest BCUT2D eigenvalue weighted by molar-refractivity contribution is 0.0912. The third-order valence-corrected chi connectivity index (χ3v) is 6.85. The van der Waals surface area contributed by atoms with Gasteiger partial charge in [0.2, 0.25) is 0 Å². The number of amides is 1. The number of furan rings is 1. The van der Waals surface area contributed by atoms with Gasteiger partial charge in [-0.1, -0.05) is 6.92 Å². The number of carbonyl (C=O) groups is 1. The Bertz CT molecular complexity index is 1390. The molecule has 0 saturated heterocycles. The van der Waals surface area contributed by atoms with Crippen LogP contribution in [0.15, 0.2) is 52.0 Å². The molecule has 0 unspecified atom stereocenters. The SMILES string of the molecule is COc1ccc(OC)c2c1cc1c(=O)n(Cc3ccco3)c(C(=O)NC3CCC(C)CC3)cn12. The van der Waals surface area contributed by atoms with Gasteiger partial charge >= 0.3 is 0 Å². The zero-order valence-corrected chi connectivity index (χ0v) is 19.7. The van der Waals surface area contributed by atoms with Crippen molar-refractivity contribution in [3.63, 3.8) is 0 Å². The van der Waals surface area contributed by atoms with E-state index < -0.39 is 0 Å². The molecule has 5 rings (SSSR count). The molecule has 1 fully saturated rings. The molecule has 0 aliphatic heterocycles. The van der Waals surface area contributed by atoms with Crippen molar-refractivity contribution >= 4 is 22.3 Å². The van der Waals surface area contributed by atoms with E-state index in [4.69, 9.17) is 13.9 Å². The van der Waals surface area contributed by atoms with Gasteiger partial charge in [-0.15, -0.1) is 0 Å². The Kier molecular flexibility index (Phi) is 5.81. The average molecular weight is 464 g/mol. The fourth-order valence-electron chi connectivity index (χ4n) is 4.93. The van der Waals surface area contributed by atoms with E-state index in [2.05, 4.69) is 12.2 Å². The lowest BCUT2D eigenvalue weighted by Gasteiger charge is -2.27. The van der Waals surface area contributed by atoms with Crippen LogP contribution >= 0.6 is 0 Å². The molecule has 0 atom stereocenters. The van der Waals surface area contributed by atoms with E-state index in [1.807, 2.05) is 0 Å². The summed E-state index contributed by atoms with van der Waals surface area (Å²) in [5.74, 6) is 2.22. The van der Waals surface area contributed by atoms with E-state index in [1.54, 1.807) is 61.4 Å². The minimum Gasteiger partial charge on any atom is -0.496 e. The molecule has 1 aromatic carbocycles. The Morgan fingerprint density at radius 3 is 2.53 bits per heavy atom. The van der Waals surface area contributed by atoms with Crippen LogP contribution < -0.4 is 20.3 Å². The van der Waals surface area contributed by atoms with Gasteiger partial charge in [-0.05, 0) is 61.9 Å². The molecule has 8 heteroatoms. The predicted molar refractivity (Wildman–Crippen MR) is 129 cm³/mol. The first-order valence-corrected chi connectivity index (χ1v) is 11.6. The van der Waals surface area contributed by atoms with Crippen LogP contribution in [0.2, 0.25) is 0 Å². The number of fused-ring (bicyclic) bond motifs is 3. The van der Waals surface area contributed by atoms with E-state index in [0.29, 0.717) is 34.2 Å². The highest BCUT2D eigenvalue weighted by atomic mass is 16.5. The van der Waals surface area contributed by atoms with Crippen LogP contribution in [0.3, 0.4) is 0 Å². The first-order valence-electron chi connectivity index (χ1n) is 11.6. The number of methoxy groups -OCH3 is 2. The van der Waals surface area contributed by atoms with E-state index in [9.17, 15) is 9.59 Å². The van der Waals surface area contributed by atoms with Gasteiger partial charge in [0.25, 0.3) is 11.5 Å². The largest absolute Gasteiger partial charge is 0.496 e. The van der Waals surface area contributed by atoms with Crippen molar-refractivity contribution in [2.45, 2.75) is 45.2 Å². The fraction of sp³-hybridized carbons (Fsp3) is 0.385. The van der Waals surface area contributed by atoms with Crippen LogP contribution in [-0.4, -0.2) is 35.1 Å². The summed E-state index contributed by atoms with van der Waals surface area (Å²) >= 11 is 0. The summed E-state index contributed by atoms with van der Waals surface area (Å²) in [6.45, 7) is 2.40. The van der Waals surface area contributed by atoms with Crippen LogP contribution in [0, 0.1) is 5.92 Å². The Morgan fingerprint density at radius 1 is 1.12 bits per heavy atom. The maximum Gasteiger partial charge on any atom is 0.275 e. The molecule has 8 nitrogen and oxygen atoms in total. The molecular formula is C26H29N3O5. The number of nitrogens with zero attached hydrogens (tertiary/aromatic N) is 2. The minimum atomic E-state index is -0.290. The average Bonchev–Trinajstić information content (AvgIpc) is 3.50. The van der Waals surface area contributed by atoms with Crippen LogP contribution in [0.4, 0.5) is 0 Å². The maximum absolute atomic E-state index is 13.7. The zero-order valence-electron chi connectivity index (χ0n) is 19.7. The van der Waals surface area contributed by atoms with E-state index >= 15 is 0 Å². The van der Waals surface area contributed by atoms with E-state index in [-0.39, 0.29) is 29.7 Å². The number of nitrogens with one attached hydrogen (secondary N) is 1. The van der Waals surface area contributed by atoms with Crippen molar-refractivity contribution in [2.24, 2.45) is 5.92 Å². The third-order valence-electron chi connectivity index (χ3n) is 6.85. The molecule has 0 radical (unpaired) electrons. The summed E-state index contributed by atoms with van der Waals surface area (Å²) in [5.41, 5.74) is 1.09. The highest BCUT2D eigenvalue weighted by Gasteiger charge is 2.25. The van der Waals surface area contributed by atoms with Gasteiger partial charge in [0.15, 0.2) is 0 Å². The van der Waals surface area contributed by atoms with Crippen molar-refractivity contribution in [1.82, 2.24) is 14.3 Å². The van der Waals surface area contributed by atoms with Crippen LogP contribution in [0.25, 0.3) is 16.4 Å². The van der Waals surface area contributed by atoms with Crippen molar-refractivity contribution in [1.29, 1.82) is 0 Å². The van der Waals surface area contributed by atoms with Gasteiger partial charge < -0.3 is 23.6 Å². The molecule has 3 heterocycles. The normalized spacial score (nSPS) is 18.3. The van der Waals surface area contributed by atoms with Crippen molar-refractivity contribution in [3.8, 4) is 11.5 Å². The first-order chi connectivity index (χ1) is 16.5. The van der Waals surface area contributed by atoms with Crippen LogP contribution in [-0.2, 0) is 6.54 Å². The Balaban J connectivity index is 1.68. The minimum absolute atomic E-state index is 0.0996. The first kappa shape index (κ1) is 22.1. The summed E-state index contributed by atoms with van der Waals surface area (Å²) in [7, 11) is 3.17. The Morgan fingerprint density at radius 2 is 1.85 bits per heavy atom. The van der Waals surface area contributed by atoms with Crippen molar-refractivity contribution in [2.75, 3.05) is 14.2 Å². The number of rotatable bonds is 6. The Labute approximate surface area is 197 Å². The molecule has 1 aliphatic carbocycles. The summed E-state index contributed by atoms with van der Waals surface area (Å²) in [6.07, 6.45) is 7.32. The van der Waals surface area contributed by atoms with E-state index in [0.717, 1.165) is 31.1 Å². The van der Waals surface area contributed by atoms with Gasteiger partial charge in [-0.2, -0.15) is 0 Å². The lowest BCUT2D eigenvalue weighted by atomic mass is 9.87. The molecule has 4 aromatic rings. The van der Waals surface area contributed by atoms with Crippen LogP contribution in [0.5, 0.6) is 11.5 Å². The predicted octanol–water partition coefficient (Wildman–Crippen LogP) is 4.22. The molecule has 3 aromatic heterocycles. The van der Waals surface area contributed by atoms with Crippen molar-refractivity contribution in [3.05, 3.63) is 64.6 Å². The number of carbonyl (C=O) groups excluding carboxylic acids is 1. The lowest BCUT2D eigenvalue weighted by Crippen LogP contribution is -2.40. The standard InChI is InChI=1S/C26H29N3O5/c1-16-6-8-17(9-7-16)27-25(30)21-15-28-20(26(31)29(21)14-18-5-4-12-34-18)13-19-22(32-2)10-11-23(33-3)24(19)28/h4-5,10-13,15-17H,6-9,14H2,1-3H3,(H,27,30). The van der Waals surface area contributed by atoms with Crippen molar-refractivity contribution < 1.29 is 18.7 Å². The zero-order chi connectivity index (χ0) is 23.8. The van der Waals surface area contributed by atoms with E-state index in [1.165, 1.54) is 4.57 Å². The molecule has 0 bridgehead atoms. The monoisotopic (exact) mass is 463 g/mol. The maximum atomic E-state index is 13.7. The highest BCUT2D eigenvalue weighted by Crippen LogP contribution is 2.35. The highest BCUT2D eigenvalue weighted by molar-refractivity contribution is 5.98. The van der Waals surface area contributed by atoms with Crippen LogP contribution in [0.1, 0.15) is 48.9 Å². The second-order valence-electron chi connectivity index (χ2n) is 9.05. The quantitative estimate of drug-likeness (QED) is 0.463. The summed E-state index contributed by atoms with van der Waals surface area (Å²) < 4.78 is 19.8. The third kappa shape index (κ3) is 3.83. The molecule has 178 valence electrons. The number of benzene rings is 1. The number of hydrogen-bond donors (Lipinski definition) is 1.